The lowest BCUT2D eigenvalue weighted by Gasteiger charge is -2.22. The molecule has 0 bridgehead atoms. The van der Waals surface area contributed by atoms with Gasteiger partial charge in [-0.15, -0.1) is 0 Å². The van der Waals surface area contributed by atoms with Crippen molar-refractivity contribution in [1.29, 1.82) is 0 Å². The maximum Gasteiger partial charge on any atom is 0.261 e. The van der Waals surface area contributed by atoms with Gasteiger partial charge in [0.25, 0.3) is 5.91 Å². The minimum Gasteiger partial charge on any atom is -0.497 e. The number of amides is 1. The summed E-state index contributed by atoms with van der Waals surface area (Å²) < 4.78 is 10.7. The van der Waals surface area contributed by atoms with E-state index >= 15 is 0 Å². The molecule has 2 rings (SSSR count). The van der Waals surface area contributed by atoms with Crippen LogP contribution in [0.1, 0.15) is 26.2 Å². The molecule has 116 valence electrons. The molecule has 3 unspecified atom stereocenters. The monoisotopic (exact) mass is 293 g/mol. The largest absolute Gasteiger partial charge is 0.497 e. The fourth-order valence-corrected chi connectivity index (χ4v) is 2.66. The molecule has 0 aliphatic heterocycles. The van der Waals surface area contributed by atoms with Crippen molar-refractivity contribution in [2.24, 2.45) is 5.92 Å². The molecule has 1 aliphatic carbocycles. The third-order valence-electron chi connectivity index (χ3n) is 3.96. The summed E-state index contributed by atoms with van der Waals surface area (Å²) in [6.07, 6.45) is 2.36. The van der Waals surface area contributed by atoms with E-state index < -0.39 is 6.10 Å². The summed E-state index contributed by atoms with van der Waals surface area (Å²) in [5.41, 5.74) is 0. The Bertz CT molecular complexity index is 460. The molecular weight excluding hydrogens is 270 g/mol. The number of rotatable bonds is 6. The second-order valence-corrected chi connectivity index (χ2v) is 5.42. The zero-order chi connectivity index (χ0) is 15.2. The number of carbonyl (C=O) groups is 1. The molecule has 5 heteroatoms. The summed E-state index contributed by atoms with van der Waals surface area (Å²) in [7, 11) is 1.60. The molecule has 1 aromatic rings. The smallest absolute Gasteiger partial charge is 0.261 e. The number of carbonyl (C=O) groups excluding carboxylic acids is 1. The van der Waals surface area contributed by atoms with Gasteiger partial charge in [0.05, 0.1) is 7.11 Å². The van der Waals surface area contributed by atoms with E-state index in [4.69, 9.17) is 9.47 Å². The first-order chi connectivity index (χ1) is 10.1. The van der Waals surface area contributed by atoms with Crippen molar-refractivity contribution in [3.8, 4) is 11.5 Å². The molecule has 0 heterocycles. The Hall–Kier alpha value is -1.75. The highest BCUT2D eigenvalue weighted by atomic mass is 16.5. The average Bonchev–Trinajstić information content (AvgIpc) is 2.95. The van der Waals surface area contributed by atoms with Crippen molar-refractivity contribution < 1.29 is 19.4 Å². The summed E-state index contributed by atoms with van der Waals surface area (Å²) in [4.78, 5) is 12.1. The third-order valence-corrected chi connectivity index (χ3v) is 3.96. The van der Waals surface area contributed by atoms with E-state index in [0.717, 1.165) is 25.0 Å². The normalized spacial score (nSPS) is 22.6. The molecule has 1 fully saturated rings. The molecule has 1 aromatic carbocycles. The van der Waals surface area contributed by atoms with Gasteiger partial charge in [-0.1, -0.05) is 6.42 Å². The Balaban J connectivity index is 1.86. The Kier molecular flexibility index (Phi) is 5.44. The van der Waals surface area contributed by atoms with Crippen LogP contribution in [-0.4, -0.2) is 36.9 Å². The predicted octanol–water partition coefficient (Wildman–Crippen LogP) is 1.74. The number of hydrogen-bond acceptors (Lipinski definition) is 4. The van der Waals surface area contributed by atoms with E-state index in [9.17, 15) is 9.90 Å². The molecular formula is C16H23NO4. The predicted molar refractivity (Wildman–Crippen MR) is 79.4 cm³/mol. The lowest BCUT2D eigenvalue weighted by molar-refractivity contribution is -0.128. The van der Waals surface area contributed by atoms with Crippen LogP contribution in [0.25, 0.3) is 0 Å². The van der Waals surface area contributed by atoms with Gasteiger partial charge in [-0.3, -0.25) is 4.79 Å². The Morgan fingerprint density at radius 3 is 2.62 bits per heavy atom. The number of aliphatic hydroxyl groups excluding tert-OH is 1. The fraction of sp³-hybridized carbons (Fsp3) is 0.562. The van der Waals surface area contributed by atoms with E-state index in [0.29, 0.717) is 5.75 Å². The van der Waals surface area contributed by atoms with Crippen LogP contribution in [0.2, 0.25) is 0 Å². The molecule has 0 aromatic heterocycles. The summed E-state index contributed by atoms with van der Waals surface area (Å²) in [6.45, 7) is 1.85. The van der Waals surface area contributed by atoms with E-state index in [-0.39, 0.29) is 24.5 Å². The number of ether oxygens (including phenoxy) is 2. The number of nitrogens with one attached hydrogen (secondary N) is 1. The van der Waals surface area contributed by atoms with Gasteiger partial charge in [0.2, 0.25) is 0 Å². The molecule has 0 saturated heterocycles. The average molecular weight is 293 g/mol. The zero-order valence-corrected chi connectivity index (χ0v) is 12.5. The van der Waals surface area contributed by atoms with Crippen molar-refractivity contribution in [3.05, 3.63) is 24.3 Å². The second-order valence-electron chi connectivity index (χ2n) is 5.42. The molecule has 3 atom stereocenters. The lowest BCUT2D eigenvalue weighted by atomic mass is 10.0. The highest BCUT2D eigenvalue weighted by molar-refractivity contribution is 5.81. The van der Waals surface area contributed by atoms with Gasteiger partial charge in [0, 0.05) is 18.6 Å². The zero-order valence-electron chi connectivity index (χ0n) is 12.5. The van der Waals surface area contributed by atoms with Crippen molar-refractivity contribution >= 4 is 5.91 Å². The van der Waals surface area contributed by atoms with Gasteiger partial charge in [0.15, 0.2) is 6.10 Å². The summed E-state index contributed by atoms with van der Waals surface area (Å²) in [5.74, 6) is 1.40. The molecule has 2 N–H and O–H groups in total. The SMILES string of the molecule is COc1ccc(OC(C)C(=O)NC2CCCC2CO)cc1. The van der Waals surface area contributed by atoms with E-state index in [1.54, 1.807) is 38.3 Å². The molecule has 1 amide bonds. The lowest BCUT2D eigenvalue weighted by Crippen LogP contribution is -2.44. The summed E-state index contributed by atoms with van der Waals surface area (Å²) in [6, 6.07) is 7.19. The summed E-state index contributed by atoms with van der Waals surface area (Å²) in [5, 5.41) is 12.3. The third kappa shape index (κ3) is 4.11. The number of hydrogen-bond donors (Lipinski definition) is 2. The molecule has 5 nitrogen and oxygen atoms in total. The highest BCUT2D eigenvalue weighted by Gasteiger charge is 2.29. The van der Waals surface area contributed by atoms with Crippen molar-refractivity contribution in [2.75, 3.05) is 13.7 Å². The minimum atomic E-state index is -0.571. The van der Waals surface area contributed by atoms with Crippen LogP contribution in [0.15, 0.2) is 24.3 Å². The topological polar surface area (TPSA) is 67.8 Å². The maximum atomic E-state index is 12.1. The maximum absolute atomic E-state index is 12.1. The van der Waals surface area contributed by atoms with Crippen LogP contribution in [-0.2, 0) is 4.79 Å². The van der Waals surface area contributed by atoms with Crippen LogP contribution in [0.4, 0.5) is 0 Å². The van der Waals surface area contributed by atoms with Crippen LogP contribution in [0, 0.1) is 5.92 Å². The van der Waals surface area contributed by atoms with Gasteiger partial charge >= 0.3 is 0 Å². The van der Waals surface area contributed by atoms with Crippen LogP contribution >= 0.6 is 0 Å². The van der Waals surface area contributed by atoms with Crippen LogP contribution in [0.3, 0.4) is 0 Å². The Morgan fingerprint density at radius 1 is 1.33 bits per heavy atom. The van der Waals surface area contributed by atoms with Crippen LogP contribution < -0.4 is 14.8 Å². The first-order valence-electron chi connectivity index (χ1n) is 7.36. The fourth-order valence-electron chi connectivity index (χ4n) is 2.66. The van der Waals surface area contributed by atoms with Gasteiger partial charge in [-0.25, -0.2) is 0 Å². The van der Waals surface area contributed by atoms with Gasteiger partial charge < -0.3 is 19.9 Å². The van der Waals surface area contributed by atoms with Gasteiger partial charge in [-0.05, 0) is 44.0 Å². The first kappa shape index (κ1) is 15.6. The van der Waals surface area contributed by atoms with Crippen molar-refractivity contribution in [1.82, 2.24) is 5.32 Å². The Morgan fingerprint density at radius 2 is 2.00 bits per heavy atom. The first-order valence-corrected chi connectivity index (χ1v) is 7.36. The Labute approximate surface area is 125 Å². The number of aliphatic hydroxyl groups is 1. The summed E-state index contributed by atoms with van der Waals surface area (Å²) >= 11 is 0. The van der Waals surface area contributed by atoms with Crippen LogP contribution in [0.5, 0.6) is 11.5 Å². The highest BCUT2D eigenvalue weighted by Crippen LogP contribution is 2.25. The van der Waals surface area contributed by atoms with Crippen molar-refractivity contribution in [2.45, 2.75) is 38.3 Å². The van der Waals surface area contributed by atoms with Crippen molar-refractivity contribution in [3.63, 3.8) is 0 Å². The molecule has 0 spiro atoms. The quantitative estimate of drug-likeness (QED) is 0.838. The van der Waals surface area contributed by atoms with E-state index in [1.807, 2.05) is 0 Å². The molecule has 1 aliphatic rings. The number of methoxy groups -OCH3 is 1. The van der Waals surface area contributed by atoms with E-state index in [1.165, 1.54) is 0 Å². The number of benzene rings is 1. The minimum absolute atomic E-state index is 0.0596. The van der Waals surface area contributed by atoms with Gasteiger partial charge in [0.1, 0.15) is 11.5 Å². The van der Waals surface area contributed by atoms with Gasteiger partial charge in [-0.2, -0.15) is 0 Å². The standard InChI is InChI=1S/C16H23NO4/c1-11(21-14-8-6-13(20-2)7-9-14)16(19)17-15-5-3-4-12(15)10-18/h6-9,11-12,15,18H,3-5,10H2,1-2H3,(H,17,19). The van der Waals surface area contributed by atoms with E-state index in [2.05, 4.69) is 5.32 Å². The second kappa shape index (κ2) is 7.31. The molecule has 1 saturated carbocycles. The molecule has 21 heavy (non-hydrogen) atoms. The molecule has 0 radical (unpaired) electrons.